The molecule has 0 saturated heterocycles. The highest BCUT2D eigenvalue weighted by atomic mass is 32.2. The van der Waals surface area contributed by atoms with Crippen LogP contribution in [0.1, 0.15) is 5.56 Å². The molecule has 1 heterocycles. The number of phenolic OH excluding ortho intramolecular Hbond substituents is 1. The highest BCUT2D eigenvalue weighted by Gasteiger charge is 2.18. The van der Waals surface area contributed by atoms with Crippen LogP contribution in [0.2, 0.25) is 0 Å². The Balaban J connectivity index is 1.75. The zero-order chi connectivity index (χ0) is 21.0. The molecule has 0 amide bonds. The molecule has 29 heavy (non-hydrogen) atoms. The van der Waals surface area contributed by atoms with Gasteiger partial charge in [0.25, 0.3) is 0 Å². The molecule has 0 radical (unpaired) electrons. The van der Waals surface area contributed by atoms with E-state index in [1.807, 2.05) is 5.38 Å². The van der Waals surface area contributed by atoms with Crippen LogP contribution >= 0.6 is 11.3 Å². The zero-order valence-electron chi connectivity index (χ0n) is 16.0. The van der Waals surface area contributed by atoms with Gasteiger partial charge in [-0.1, -0.05) is 12.1 Å². The smallest absolute Gasteiger partial charge is 0.242 e. The molecule has 10 heteroatoms. The number of methoxy groups -OCH3 is 1. The van der Waals surface area contributed by atoms with Gasteiger partial charge in [0.1, 0.15) is 0 Å². The SMILES string of the molecule is COc1cc(/C=N/Nc2nc(-c3cccc(S(=O)(=O)N(C)C)c3)cs2)ccc1O. The number of rotatable bonds is 7. The van der Waals surface area contributed by atoms with Crippen LogP contribution in [0.5, 0.6) is 11.5 Å². The Morgan fingerprint density at radius 2 is 2.03 bits per heavy atom. The van der Waals surface area contributed by atoms with E-state index in [1.165, 1.54) is 42.9 Å². The van der Waals surface area contributed by atoms with Gasteiger partial charge in [-0.15, -0.1) is 11.3 Å². The minimum atomic E-state index is -3.51. The topological polar surface area (TPSA) is 104 Å². The predicted octanol–water partition coefficient (Wildman–Crippen LogP) is 3.22. The van der Waals surface area contributed by atoms with Crippen LogP contribution in [0.25, 0.3) is 11.3 Å². The molecule has 3 aromatic rings. The summed E-state index contributed by atoms with van der Waals surface area (Å²) in [4.78, 5) is 4.66. The molecular weight excluding hydrogens is 412 g/mol. The van der Waals surface area contributed by atoms with Crippen molar-refractivity contribution in [3.63, 3.8) is 0 Å². The van der Waals surface area contributed by atoms with E-state index in [9.17, 15) is 13.5 Å². The van der Waals surface area contributed by atoms with Crippen molar-refractivity contribution in [3.05, 3.63) is 53.4 Å². The standard InChI is InChI=1S/C19H20N4O4S2/c1-23(2)29(25,26)15-6-4-5-14(10-15)16-12-28-19(21-16)22-20-11-13-7-8-17(24)18(9-13)27-3/h4-12,24H,1-3H3,(H,21,22)/b20-11+. The number of anilines is 1. The van der Waals surface area contributed by atoms with E-state index in [4.69, 9.17) is 4.74 Å². The van der Waals surface area contributed by atoms with Gasteiger partial charge >= 0.3 is 0 Å². The second-order valence-electron chi connectivity index (χ2n) is 6.15. The van der Waals surface area contributed by atoms with Gasteiger partial charge in [0.2, 0.25) is 15.2 Å². The number of aromatic hydroxyl groups is 1. The third-order valence-electron chi connectivity index (χ3n) is 3.99. The fourth-order valence-corrected chi connectivity index (χ4v) is 4.04. The number of benzene rings is 2. The number of ether oxygens (including phenoxy) is 1. The minimum Gasteiger partial charge on any atom is -0.504 e. The summed E-state index contributed by atoms with van der Waals surface area (Å²) < 4.78 is 30.9. The Hall–Kier alpha value is -2.95. The first-order valence-corrected chi connectivity index (χ1v) is 10.8. The second-order valence-corrected chi connectivity index (χ2v) is 9.16. The maximum atomic E-state index is 12.3. The number of sulfonamides is 1. The van der Waals surface area contributed by atoms with Crippen LogP contribution in [0, 0.1) is 0 Å². The van der Waals surface area contributed by atoms with Gasteiger partial charge in [-0.25, -0.2) is 17.7 Å². The first-order valence-electron chi connectivity index (χ1n) is 8.46. The van der Waals surface area contributed by atoms with Crippen molar-refractivity contribution in [2.24, 2.45) is 5.10 Å². The summed E-state index contributed by atoms with van der Waals surface area (Å²) in [6.07, 6.45) is 1.58. The monoisotopic (exact) mass is 432 g/mol. The van der Waals surface area contributed by atoms with E-state index in [0.29, 0.717) is 22.1 Å². The van der Waals surface area contributed by atoms with Gasteiger partial charge in [0, 0.05) is 25.0 Å². The lowest BCUT2D eigenvalue weighted by Crippen LogP contribution is -2.22. The molecule has 8 nitrogen and oxygen atoms in total. The maximum Gasteiger partial charge on any atom is 0.242 e. The predicted molar refractivity (Wildman–Crippen MR) is 114 cm³/mol. The summed E-state index contributed by atoms with van der Waals surface area (Å²) in [5.74, 6) is 0.415. The summed E-state index contributed by atoms with van der Waals surface area (Å²) in [5.41, 5.74) is 4.93. The molecule has 0 aliphatic carbocycles. The van der Waals surface area contributed by atoms with E-state index in [-0.39, 0.29) is 10.6 Å². The summed E-state index contributed by atoms with van der Waals surface area (Å²) in [5, 5.41) is 16.1. The van der Waals surface area contributed by atoms with Crippen LogP contribution in [-0.4, -0.2) is 50.2 Å². The number of aromatic nitrogens is 1. The fraction of sp³-hybridized carbons (Fsp3) is 0.158. The molecule has 152 valence electrons. The zero-order valence-corrected chi connectivity index (χ0v) is 17.7. The summed E-state index contributed by atoms with van der Waals surface area (Å²) >= 11 is 1.35. The van der Waals surface area contributed by atoms with Crippen molar-refractivity contribution in [2.45, 2.75) is 4.90 Å². The lowest BCUT2D eigenvalue weighted by atomic mass is 10.2. The molecule has 2 aromatic carbocycles. The molecule has 0 aliphatic heterocycles. The van der Waals surface area contributed by atoms with Gasteiger partial charge < -0.3 is 9.84 Å². The molecule has 2 N–H and O–H groups in total. The maximum absolute atomic E-state index is 12.3. The van der Waals surface area contributed by atoms with Crippen molar-refractivity contribution in [3.8, 4) is 22.8 Å². The third kappa shape index (κ3) is 4.73. The highest BCUT2D eigenvalue weighted by molar-refractivity contribution is 7.89. The summed E-state index contributed by atoms with van der Waals surface area (Å²) in [6.45, 7) is 0. The van der Waals surface area contributed by atoms with Gasteiger partial charge in [0.05, 0.1) is 23.9 Å². The van der Waals surface area contributed by atoms with Crippen LogP contribution in [-0.2, 0) is 10.0 Å². The summed E-state index contributed by atoms with van der Waals surface area (Å²) in [7, 11) is 0.953. The number of thiazole rings is 1. The lowest BCUT2D eigenvalue weighted by molar-refractivity contribution is 0.373. The van der Waals surface area contributed by atoms with Crippen molar-refractivity contribution in [1.29, 1.82) is 0 Å². The Kier molecular flexibility index (Phi) is 6.16. The van der Waals surface area contributed by atoms with Gasteiger partial charge in [0.15, 0.2) is 11.5 Å². The average Bonchev–Trinajstić information content (AvgIpc) is 3.18. The van der Waals surface area contributed by atoms with E-state index >= 15 is 0 Å². The number of nitrogens with one attached hydrogen (secondary N) is 1. The van der Waals surface area contributed by atoms with Crippen molar-refractivity contribution in [1.82, 2.24) is 9.29 Å². The van der Waals surface area contributed by atoms with Gasteiger partial charge in [-0.05, 0) is 35.9 Å². The molecule has 1 aromatic heterocycles. The molecule has 0 saturated carbocycles. The fourth-order valence-electron chi connectivity index (χ4n) is 2.42. The van der Waals surface area contributed by atoms with E-state index < -0.39 is 10.0 Å². The average molecular weight is 433 g/mol. The van der Waals surface area contributed by atoms with Crippen LogP contribution in [0.15, 0.2) is 57.8 Å². The number of hydrogen-bond donors (Lipinski definition) is 2. The number of phenols is 1. The number of hydrogen-bond acceptors (Lipinski definition) is 8. The molecule has 0 fully saturated rings. The van der Waals surface area contributed by atoms with Gasteiger partial charge in [-0.3, -0.25) is 5.43 Å². The lowest BCUT2D eigenvalue weighted by Gasteiger charge is -2.11. The van der Waals surface area contributed by atoms with Crippen LogP contribution < -0.4 is 10.2 Å². The molecule has 0 atom stereocenters. The Morgan fingerprint density at radius 3 is 2.76 bits per heavy atom. The molecule has 0 aliphatic rings. The van der Waals surface area contributed by atoms with E-state index in [2.05, 4.69) is 15.5 Å². The molecule has 0 spiro atoms. The molecule has 0 unspecified atom stereocenters. The van der Waals surface area contributed by atoms with Crippen molar-refractivity contribution in [2.75, 3.05) is 26.6 Å². The van der Waals surface area contributed by atoms with Gasteiger partial charge in [-0.2, -0.15) is 5.10 Å². The first kappa shape index (κ1) is 20.8. The molecule has 0 bridgehead atoms. The second kappa shape index (κ2) is 8.60. The Morgan fingerprint density at radius 1 is 1.24 bits per heavy atom. The Bertz CT molecular complexity index is 1140. The van der Waals surface area contributed by atoms with Crippen molar-refractivity contribution < 1.29 is 18.3 Å². The van der Waals surface area contributed by atoms with Crippen molar-refractivity contribution >= 4 is 32.7 Å². The quantitative estimate of drug-likeness (QED) is 0.439. The third-order valence-corrected chi connectivity index (χ3v) is 6.55. The minimum absolute atomic E-state index is 0.0562. The van der Waals surface area contributed by atoms with Crippen LogP contribution in [0.3, 0.4) is 0 Å². The number of nitrogens with zero attached hydrogens (tertiary/aromatic N) is 3. The first-order chi connectivity index (χ1) is 13.8. The molecular formula is C19H20N4O4S2. The van der Waals surface area contributed by atoms with Crippen LogP contribution in [0.4, 0.5) is 5.13 Å². The number of hydrazone groups is 1. The largest absolute Gasteiger partial charge is 0.504 e. The van der Waals surface area contributed by atoms with E-state index in [0.717, 1.165) is 5.56 Å². The highest BCUT2D eigenvalue weighted by Crippen LogP contribution is 2.28. The Labute approximate surface area is 173 Å². The normalized spacial score (nSPS) is 11.9. The van der Waals surface area contributed by atoms with E-state index in [1.54, 1.807) is 42.6 Å². The molecule has 3 rings (SSSR count). The summed E-state index contributed by atoms with van der Waals surface area (Å²) in [6, 6.07) is 11.5.